The molecule has 2 N–H and O–H groups in total. The van der Waals surface area contributed by atoms with Crippen molar-refractivity contribution in [3.63, 3.8) is 0 Å². The van der Waals surface area contributed by atoms with E-state index in [4.69, 9.17) is 18.4 Å². The summed E-state index contributed by atoms with van der Waals surface area (Å²) in [6.45, 7) is 2.94. The highest BCUT2D eigenvalue weighted by Gasteiger charge is 2.60. The van der Waals surface area contributed by atoms with Crippen LogP contribution in [0.15, 0.2) is 0 Å². The Bertz CT molecular complexity index is 446. The maximum absolute atomic E-state index is 11.3. The molecule has 2 heterocycles. The summed E-state index contributed by atoms with van der Waals surface area (Å²) in [7, 11) is -3.87. The lowest BCUT2D eigenvalue weighted by atomic mass is 9.97. The van der Waals surface area contributed by atoms with E-state index in [0.717, 1.165) is 6.26 Å². The lowest BCUT2D eigenvalue weighted by Gasteiger charge is -2.43. The van der Waals surface area contributed by atoms with Crippen molar-refractivity contribution in [3.8, 4) is 0 Å². The second-order valence-electron chi connectivity index (χ2n) is 5.19. The highest BCUT2D eigenvalue weighted by Crippen LogP contribution is 2.40. The lowest BCUT2D eigenvalue weighted by Crippen LogP contribution is -2.63. The Morgan fingerprint density at radius 3 is 2.37 bits per heavy atom. The zero-order valence-electron chi connectivity index (χ0n) is 10.9. The average molecular weight is 298 g/mol. The highest BCUT2D eigenvalue weighted by atomic mass is 32.2. The summed E-state index contributed by atoms with van der Waals surface area (Å²) in [4.78, 5) is 0. The summed E-state index contributed by atoms with van der Waals surface area (Å²) in [5, 5.41) is 19.5. The van der Waals surface area contributed by atoms with Crippen molar-refractivity contribution in [2.45, 2.75) is 43.7 Å². The molecule has 2 rings (SSSR count). The third-order valence-electron chi connectivity index (χ3n) is 2.95. The third-order valence-corrected chi connectivity index (χ3v) is 3.51. The summed E-state index contributed by atoms with van der Waals surface area (Å²) in [6, 6.07) is 0. The zero-order chi connectivity index (χ0) is 14.5. The molecule has 0 aromatic heterocycles. The Morgan fingerprint density at radius 1 is 1.26 bits per heavy atom. The van der Waals surface area contributed by atoms with Gasteiger partial charge < -0.3 is 24.4 Å². The molecule has 0 aromatic carbocycles. The Morgan fingerprint density at radius 2 is 1.89 bits per heavy atom. The van der Waals surface area contributed by atoms with Gasteiger partial charge >= 0.3 is 0 Å². The second kappa shape index (κ2) is 4.62. The number of aliphatic hydroxyl groups is 2. The normalized spacial score (nSPS) is 42.7. The monoisotopic (exact) mass is 298 g/mol. The fourth-order valence-corrected chi connectivity index (χ4v) is 2.79. The second-order valence-corrected chi connectivity index (χ2v) is 6.79. The molecule has 0 aliphatic carbocycles. The molecule has 2 aliphatic heterocycles. The van der Waals surface area contributed by atoms with Crippen molar-refractivity contribution in [2.24, 2.45) is 0 Å². The molecule has 8 nitrogen and oxygen atoms in total. The zero-order valence-corrected chi connectivity index (χ0v) is 11.7. The molecular formula is C10H18O8S. The molecular weight excluding hydrogens is 280 g/mol. The predicted octanol–water partition coefficient (Wildman–Crippen LogP) is -1.44. The first kappa shape index (κ1) is 15.1. The van der Waals surface area contributed by atoms with E-state index in [0.29, 0.717) is 0 Å². The van der Waals surface area contributed by atoms with E-state index in [-0.39, 0.29) is 13.2 Å². The first-order valence-corrected chi connectivity index (χ1v) is 7.59. The van der Waals surface area contributed by atoms with E-state index < -0.39 is 40.0 Å². The number of hydrogen-bond acceptors (Lipinski definition) is 8. The van der Waals surface area contributed by atoms with Gasteiger partial charge in [-0.15, -0.1) is 0 Å². The van der Waals surface area contributed by atoms with Gasteiger partial charge in [-0.1, -0.05) is 0 Å². The van der Waals surface area contributed by atoms with Gasteiger partial charge in [0.05, 0.1) is 12.9 Å². The number of ether oxygens (including phenoxy) is 3. The quantitative estimate of drug-likeness (QED) is 0.596. The van der Waals surface area contributed by atoms with Gasteiger partial charge in [0.15, 0.2) is 11.9 Å². The van der Waals surface area contributed by atoms with Gasteiger partial charge in [-0.05, 0) is 13.8 Å². The largest absolute Gasteiger partial charge is 0.388 e. The third kappa shape index (κ3) is 3.07. The fraction of sp³-hybridized carbons (Fsp3) is 1.00. The van der Waals surface area contributed by atoms with E-state index in [1.165, 1.54) is 0 Å². The lowest BCUT2D eigenvalue weighted by molar-refractivity contribution is -0.331. The van der Waals surface area contributed by atoms with Crippen molar-refractivity contribution in [2.75, 3.05) is 19.5 Å². The minimum Gasteiger partial charge on any atom is -0.388 e. The van der Waals surface area contributed by atoms with Crippen LogP contribution in [0, 0.1) is 0 Å². The van der Waals surface area contributed by atoms with E-state index in [1.54, 1.807) is 13.8 Å². The van der Waals surface area contributed by atoms with Gasteiger partial charge in [0.2, 0.25) is 5.79 Å². The summed E-state index contributed by atoms with van der Waals surface area (Å²) in [5.74, 6) is -2.55. The van der Waals surface area contributed by atoms with Gasteiger partial charge in [0, 0.05) is 0 Å². The molecule has 0 saturated carbocycles. The Kier molecular flexibility index (Phi) is 3.67. The van der Waals surface area contributed by atoms with Crippen LogP contribution in [0.3, 0.4) is 0 Å². The SMILES string of the molecule is CC1(C)OC[C@]2(OC[C@@H](O)[C@@H](O)[C@@H]2OS(C)(=O)=O)O1. The fourth-order valence-electron chi connectivity index (χ4n) is 2.15. The van der Waals surface area contributed by atoms with Crippen LogP contribution in [0.4, 0.5) is 0 Å². The van der Waals surface area contributed by atoms with Crippen molar-refractivity contribution in [1.82, 2.24) is 0 Å². The first-order chi connectivity index (χ1) is 8.55. The minimum atomic E-state index is -3.87. The molecule has 0 aromatic rings. The van der Waals surface area contributed by atoms with Crippen molar-refractivity contribution in [1.29, 1.82) is 0 Å². The Labute approximate surface area is 111 Å². The van der Waals surface area contributed by atoms with Crippen LogP contribution in [0.1, 0.15) is 13.8 Å². The smallest absolute Gasteiger partial charge is 0.264 e. The molecule has 2 fully saturated rings. The Hall–Kier alpha value is -0.290. The van der Waals surface area contributed by atoms with Gasteiger partial charge in [-0.25, -0.2) is 0 Å². The average Bonchev–Trinajstić information content (AvgIpc) is 2.56. The van der Waals surface area contributed by atoms with Crippen molar-refractivity contribution >= 4 is 10.1 Å². The number of rotatable bonds is 2. The molecule has 1 spiro atoms. The maximum Gasteiger partial charge on any atom is 0.264 e. The minimum absolute atomic E-state index is 0.107. The van der Waals surface area contributed by atoms with Crippen LogP contribution in [0.5, 0.6) is 0 Å². The molecule has 0 bridgehead atoms. The summed E-state index contributed by atoms with van der Waals surface area (Å²) < 4.78 is 43.7. The first-order valence-electron chi connectivity index (χ1n) is 5.77. The van der Waals surface area contributed by atoms with Crippen LogP contribution >= 0.6 is 0 Å². The summed E-state index contributed by atoms with van der Waals surface area (Å²) in [6.07, 6.45) is -3.27. The van der Waals surface area contributed by atoms with Gasteiger partial charge in [-0.2, -0.15) is 8.42 Å². The van der Waals surface area contributed by atoms with E-state index in [9.17, 15) is 18.6 Å². The molecule has 2 saturated heterocycles. The molecule has 0 unspecified atom stereocenters. The van der Waals surface area contributed by atoms with Crippen LogP contribution < -0.4 is 0 Å². The van der Waals surface area contributed by atoms with Crippen LogP contribution in [0.2, 0.25) is 0 Å². The van der Waals surface area contributed by atoms with E-state index >= 15 is 0 Å². The number of aliphatic hydroxyl groups excluding tert-OH is 2. The topological polar surface area (TPSA) is 112 Å². The van der Waals surface area contributed by atoms with E-state index in [2.05, 4.69) is 0 Å². The molecule has 112 valence electrons. The maximum atomic E-state index is 11.3. The van der Waals surface area contributed by atoms with Crippen molar-refractivity contribution < 1.29 is 37.0 Å². The van der Waals surface area contributed by atoms with Crippen LogP contribution in [-0.4, -0.2) is 68.0 Å². The summed E-state index contributed by atoms with van der Waals surface area (Å²) >= 11 is 0. The molecule has 19 heavy (non-hydrogen) atoms. The molecule has 0 radical (unpaired) electrons. The van der Waals surface area contributed by atoms with Crippen LogP contribution in [-0.2, 0) is 28.5 Å². The molecule has 9 heteroatoms. The standard InChI is InChI=1S/C10H18O8S/c1-9(2)16-5-10(18-9)8(17-19(3,13)14)7(12)6(11)4-15-10/h6-8,11-12H,4-5H2,1-3H3/t6-,7-,8+,10+/m1/s1. The molecule has 2 aliphatic rings. The predicted molar refractivity (Wildman–Crippen MR) is 61.5 cm³/mol. The van der Waals surface area contributed by atoms with Gasteiger partial charge in [-0.3, -0.25) is 4.18 Å². The van der Waals surface area contributed by atoms with Crippen molar-refractivity contribution in [3.05, 3.63) is 0 Å². The van der Waals surface area contributed by atoms with Gasteiger partial charge in [0.1, 0.15) is 18.8 Å². The summed E-state index contributed by atoms with van der Waals surface area (Å²) in [5.41, 5.74) is 0. The van der Waals surface area contributed by atoms with Crippen LogP contribution in [0.25, 0.3) is 0 Å². The molecule has 0 amide bonds. The number of hydrogen-bond donors (Lipinski definition) is 2. The Balaban J connectivity index is 2.30. The highest BCUT2D eigenvalue weighted by molar-refractivity contribution is 7.86. The van der Waals surface area contributed by atoms with E-state index in [1.807, 2.05) is 0 Å². The van der Waals surface area contributed by atoms with Gasteiger partial charge in [0.25, 0.3) is 10.1 Å². The molecule has 4 atom stereocenters.